The zero-order valence-corrected chi connectivity index (χ0v) is 12.1. The SMILES string of the molecule is CCCC(=O)OC1C(O)[C@@H](CO)O[C@H]1n1ccc(N)nc1=O. The van der Waals surface area contributed by atoms with Crippen molar-refractivity contribution < 1.29 is 24.5 Å². The molecule has 0 aromatic carbocycles. The summed E-state index contributed by atoms with van der Waals surface area (Å²) in [5.74, 6) is -0.478. The number of ether oxygens (including phenoxy) is 2. The van der Waals surface area contributed by atoms with E-state index in [-0.39, 0.29) is 12.2 Å². The quantitative estimate of drug-likeness (QED) is 0.576. The minimum atomic E-state index is -1.25. The molecule has 1 fully saturated rings. The van der Waals surface area contributed by atoms with E-state index in [0.29, 0.717) is 6.42 Å². The van der Waals surface area contributed by atoms with Crippen molar-refractivity contribution in [1.29, 1.82) is 0 Å². The van der Waals surface area contributed by atoms with Gasteiger partial charge in [0.15, 0.2) is 12.3 Å². The number of aromatic nitrogens is 2. The molecule has 0 aliphatic carbocycles. The molecule has 0 bridgehead atoms. The first-order valence-electron chi connectivity index (χ1n) is 6.96. The number of nitrogens with two attached hydrogens (primary N) is 1. The van der Waals surface area contributed by atoms with Crippen LogP contribution in [0.2, 0.25) is 0 Å². The molecule has 2 unspecified atom stereocenters. The molecule has 4 atom stereocenters. The highest BCUT2D eigenvalue weighted by molar-refractivity contribution is 5.69. The fourth-order valence-electron chi connectivity index (χ4n) is 2.25. The number of carbonyl (C=O) groups is 1. The van der Waals surface area contributed by atoms with Crippen LogP contribution in [0, 0.1) is 0 Å². The molecule has 9 nitrogen and oxygen atoms in total. The molecular formula is C13H19N3O6. The number of aliphatic hydroxyl groups is 2. The van der Waals surface area contributed by atoms with Crippen LogP contribution in [-0.4, -0.2) is 50.7 Å². The lowest BCUT2D eigenvalue weighted by Gasteiger charge is -2.22. The van der Waals surface area contributed by atoms with Crippen molar-refractivity contribution in [3.8, 4) is 0 Å². The predicted molar refractivity (Wildman–Crippen MR) is 74.7 cm³/mol. The van der Waals surface area contributed by atoms with Crippen molar-refractivity contribution in [2.75, 3.05) is 12.3 Å². The highest BCUT2D eigenvalue weighted by Gasteiger charge is 2.47. The molecule has 1 aromatic rings. The van der Waals surface area contributed by atoms with Crippen LogP contribution in [0.15, 0.2) is 17.1 Å². The third-order valence-corrected chi connectivity index (χ3v) is 3.34. The molecule has 22 heavy (non-hydrogen) atoms. The molecule has 1 aliphatic rings. The maximum absolute atomic E-state index is 11.9. The molecule has 0 spiro atoms. The summed E-state index contributed by atoms with van der Waals surface area (Å²) in [7, 11) is 0. The zero-order chi connectivity index (χ0) is 16.3. The van der Waals surface area contributed by atoms with E-state index in [9.17, 15) is 19.8 Å². The summed E-state index contributed by atoms with van der Waals surface area (Å²) < 4.78 is 11.7. The van der Waals surface area contributed by atoms with E-state index < -0.39 is 42.8 Å². The average Bonchev–Trinajstić information content (AvgIpc) is 2.76. The van der Waals surface area contributed by atoms with Crippen LogP contribution in [0.5, 0.6) is 0 Å². The monoisotopic (exact) mass is 313 g/mol. The number of nitrogens with zero attached hydrogens (tertiary/aromatic N) is 2. The normalized spacial score (nSPS) is 27.8. The van der Waals surface area contributed by atoms with Crippen LogP contribution in [0.3, 0.4) is 0 Å². The highest BCUT2D eigenvalue weighted by atomic mass is 16.6. The van der Waals surface area contributed by atoms with E-state index in [0.717, 1.165) is 4.57 Å². The molecule has 0 radical (unpaired) electrons. The lowest BCUT2D eigenvalue weighted by molar-refractivity contribution is -0.158. The lowest BCUT2D eigenvalue weighted by atomic mass is 10.1. The average molecular weight is 313 g/mol. The Morgan fingerprint density at radius 3 is 2.91 bits per heavy atom. The van der Waals surface area contributed by atoms with Crippen molar-refractivity contribution in [1.82, 2.24) is 9.55 Å². The number of anilines is 1. The van der Waals surface area contributed by atoms with Gasteiger partial charge in [-0.15, -0.1) is 0 Å². The molecule has 122 valence electrons. The summed E-state index contributed by atoms with van der Waals surface area (Å²) in [5.41, 5.74) is 4.72. The van der Waals surface area contributed by atoms with Gasteiger partial charge in [0.25, 0.3) is 0 Å². The van der Waals surface area contributed by atoms with Crippen LogP contribution in [0.25, 0.3) is 0 Å². The second-order valence-corrected chi connectivity index (χ2v) is 4.98. The van der Waals surface area contributed by atoms with Gasteiger partial charge in [0, 0.05) is 12.6 Å². The van der Waals surface area contributed by atoms with E-state index in [2.05, 4.69) is 4.98 Å². The van der Waals surface area contributed by atoms with Crippen LogP contribution < -0.4 is 11.4 Å². The molecule has 2 rings (SSSR count). The van der Waals surface area contributed by atoms with Gasteiger partial charge in [-0.3, -0.25) is 9.36 Å². The van der Waals surface area contributed by atoms with E-state index in [1.165, 1.54) is 12.3 Å². The van der Waals surface area contributed by atoms with Crippen molar-refractivity contribution in [3.05, 3.63) is 22.7 Å². The Morgan fingerprint density at radius 2 is 2.32 bits per heavy atom. The summed E-state index contributed by atoms with van der Waals surface area (Å²) >= 11 is 0. The summed E-state index contributed by atoms with van der Waals surface area (Å²) in [4.78, 5) is 27.1. The second-order valence-electron chi connectivity index (χ2n) is 4.98. The lowest BCUT2D eigenvalue weighted by Crippen LogP contribution is -2.39. The molecule has 0 saturated carbocycles. The Morgan fingerprint density at radius 1 is 1.59 bits per heavy atom. The Hall–Kier alpha value is -1.97. The number of hydrogen-bond donors (Lipinski definition) is 3. The Balaban J connectivity index is 2.29. The predicted octanol–water partition coefficient (Wildman–Crippen LogP) is -1.21. The molecule has 1 aliphatic heterocycles. The van der Waals surface area contributed by atoms with Crippen molar-refractivity contribution >= 4 is 11.8 Å². The van der Waals surface area contributed by atoms with Crippen molar-refractivity contribution in [2.45, 2.75) is 44.3 Å². The van der Waals surface area contributed by atoms with E-state index >= 15 is 0 Å². The van der Waals surface area contributed by atoms with Gasteiger partial charge in [-0.25, -0.2) is 4.79 Å². The first-order chi connectivity index (χ1) is 10.5. The fourth-order valence-corrected chi connectivity index (χ4v) is 2.25. The van der Waals surface area contributed by atoms with Gasteiger partial charge < -0.3 is 25.4 Å². The topological polar surface area (TPSA) is 137 Å². The molecule has 4 N–H and O–H groups in total. The van der Waals surface area contributed by atoms with Crippen LogP contribution in [0.1, 0.15) is 26.0 Å². The number of nitrogen functional groups attached to an aromatic ring is 1. The molecule has 0 amide bonds. The van der Waals surface area contributed by atoms with Crippen LogP contribution >= 0.6 is 0 Å². The maximum atomic E-state index is 11.9. The summed E-state index contributed by atoms with van der Waals surface area (Å²) in [6.07, 6.45) is -2.31. The zero-order valence-electron chi connectivity index (χ0n) is 12.1. The van der Waals surface area contributed by atoms with Crippen molar-refractivity contribution in [2.24, 2.45) is 0 Å². The molecular weight excluding hydrogens is 294 g/mol. The van der Waals surface area contributed by atoms with Crippen LogP contribution in [0.4, 0.5) is 5.82 Å². The largest absolute Gasteiger partial charge is 0.455 e. The first-order valence-corrected chi connectivity index (χ1v) is 6.96. The van der Waals surface area contributed by atoms with E-state index in [4.69, 9.17) is 15.2 Å². The molecule has 2 heterocycles. The number of rotatable bonds is 5. The summed E-state index contributed by atoms with van der Waals surface area (Å²) in [6.45, 7) is 1.34. The fraction of sp³-hybridized carbons (Fsp3) is 0.615. The van der Waals surface area contributed by atoms with Gasteiger partial charge in [-0.2, -0.15) is 4.98 Å². The Labute approximate surface area is 126 Å². The Kier molecular flexibility index (Phi) is 5.11. The minimum absolute atomic E-state index is 0.0398. The third kappa shape index (κ3) is 3.26. The number of hydrogen-bond acceptors (Lipinski definition) is 8. The molecule has 1 aromatic heterocycles. The number of aliphatic hydroxyl groups excluding tert-OH is 2. The van der Waals surface area contributed by atoms with Gasteiger partial charge in [0.1, 0.15) is 18.0 Å². The molecule has 9 heteroatoms. The van der Waals surface area contributed by atoms with Crippen molar-refractivity contribution in [3.63, 3.8) is 0 Å². The standard InChI is InChI=1S/C13H19N3O6/c1-2-3-9(18)22-11-10(19)7(6-17)21-12(11)16-5-4-8(14)15-13(16)20/h4-5,7,10-12,17,19H,2-3,6H2,1H3,(H2,14,15,20)/t7-,10?,11?,12-/m1/s1. The van der Waals surface area contributed by atoms with Gasteiger partial charge in [-0.05, 0) is 12.5 Å². The summed E-state index contributed by atoms with van der Waals surface area (Å²) in [5, 5.41) is 19.3. The van der Waals surface area contributed by atoms with Gasteiger partial charge >= 0.3 is 11.7 Å². The maximum Gasteiger partial charge on any atom is 0.351 e. The minimum Gasteiger partial charge on any atom is -0.455 e. The van der Waals surface area contributed by atoms with E-state index in [1.807, 2.05) is 6.92 Å². The Bertz CT molecular complexity index is 589. The summed E-state index contributed by atoms with van der Waals surface area (Å²) in [6, 6.07) is 1.38. The highest BCUT2D eigenvalue weighted by Crippen LogP contribution is 2.31. The van der Waals surface area contributed by atoms with Gasteiger partial charge in [0.2, 0.25) is 0 Å². The third-order valence-electron chi connectivity index (χ3n) is 3.34. The number of esters is 1. The van der Waals surface area contributed by atoms with Gasteiger partial charge in [0.05, 0.1) is 6.61 Å². The van der Waals surface area contributed by atoms with E-state index in [1.54, 1.807) is 0 Å². The molecule has 1 saturated heterocycles. The van der Waals surface area contributed by atoms with Crippen LogP contribution in [-0.2, 0) is 14.3 Å². The van der Waals surface area contributed by atoms with Gasteiger partial charge in [-0.1, -0.05) is 6.92 Å². The second kappa shape index (κ2) is 6.86. The first kappa shape index (κ1) is 16.4. The number of carbonyl (C=O) groups excluding carboxylic acids is 1. The smallest absolute Gasteiger partial charge is 0.351 e.